The van der Waals surface area contributed by atoms with Crippen LogP contribution in [0.1, 0.15) is 18.4 Å². The molecular weight excluding hydrogens is 342 g/mol. The van der Waals surface area contributed by atoms with Gasteiger partial charge in [0.25, 0.3) is 0 Å². The average molecular weight is 363 g/mol. The summed E-state index contributed by atoms with van der Waals surface area (Å²) in [5.41, 5.74) is 1.27. The van der Waals surface area contributed by atoms with Crippen LogP contribution in [0.5, 0.6) is 5.75 Å². The van der Waals surface area contributed by atoms with Gasteiger partial charge in [-0.3, -0.25) is 4.90 Å². The van der Waals surface area contributed by atoms with E-state index in [4.69, 9.17) is 21.1 Å². The van der Waals surface area contributed by atoms with E-state index in [0.717, 1.165) is 42.7 Å². The maximum Gasteiger partial charge on any atom is 0.119 e. The number of likely N-dealkylation sites (tertiary alicyclic amines) is 1. The summed E-state index contributed by atoms with van der Waals surface area (Å²) in [4.78, 5) is 2.46. The maximum absolute atomic E-state index is 5.70. The number of methoxy groups -OCH3 is 1. The molecule has 0 amide bonds. The quantitative estimate of drug-likeness (QED) is 0.721. The van der Waals surface area contributed by atoms with Crippen molar-refractivity contribution in [2.24, 2.45) is 0 Å². The highest BCUT2D eigenvalue weighted by Gasteiger charge is 2.20. The number of nitrogens with zero attached hydrogens (tertiary/aromatic N) is 1. The monoisotopic (exact) mass is 361 g/mol. The Balaban J connectivity index is 1.86. The van der Waals surface area contributed by atoms with E-state index in [0.29, 0.717) is 18.6 Å². The van der Waals surface area contributed by atoms with Crippen molar-refractivity contribution in [2.75, 3.05) is 32.7 Å². The van der Waals surface area contributed by atoms with Gasteiger partial charge in [0, 0.05) is 30.0 Å². The lowest BCUT2D eigenvalue weighted by Gasteiger charge is -2.32. The normalized spacial score (nSPS) is 17.4. The minimum Gasteiger partial charge on any atom is -0.497 e. The molecule has 112 valence electrons. The van der Waals surface area contributed by atoms with Crippen molar-refractivity contribution in [1.82, 2.24) is 4.90 Å². The number of halogens is 2. The smallest absolute Gasteiger partial charge is 0.119 e. The summed E-state index contributed by atoms with van der Waals surface area (Å²) in [7, 11) is 1.70. The van der Waals surface area contributed by atoms with E-state index in [9.17, 15) is 0 Å². The summed E-state index contributed by atoms with van der Waals surface area (Å²) in [5.74, 6) is 1.49. The first-order valence-electron chi connectivity index (χ1n) is 6.95. The van der Waals surface area contributed by atoms with E-state index in [1.165, 1.54) is 5.56 Å². The number of alkyl halides is 1. The highest BCUT2D eigenvalue weighted by atomic mass is 79.9. The molecule has 1 heterocycles. The minimum absolute atomic E-state index is 0.374. The van der Waals surface area contributed by atoms with E-state index in [-0.39, 0.29) is 0 Å². The second-order valence-electron chi connectivity index (χ2n) is 4.99. The van der Waals surface area contributed by atoms with Gasteiger partial charge in [0.2, 0.25) is 0 Å². The first-order chi connectivity index (χ1) is 9.72. The van der Waals surface area contributed by atoms with Gasteiger partial charge in [-0.25, -0.2) is 0 Å². The van der Waals surface area contributed by atoms with E-state index in [2.05, 4.69) is 26.9 Å². The Kier molecular flexibility index (Phi) is 6.62. The number of piperidine rings is 1. The fourth-order valence-corrected chi connectivity index (χ4v) is 2.95. The first-order valence-corrected chi connectivity index (χ1v) is 8.28. The van der Waals surface area contributed by atoms with Gasteiger partial charge in [0.15, 0.2) is 0 Å². The molecule has 0 atom stereocenters. The highest BCUT2D eigenvalue weighted by Crippen LogP contribution is 2.25. The van der Waals surface area contributed by atoms with Gasteiger partial charge in [-0.15, -0.1) is 11.6 Å². The molecule has 0 bridgehead atoms. The van der Waals surface area contributed by atoms with Crippen molar-refractivity contribution in [3.05, 3.63) is 28.2 Å². The first kappa shape index (κ1) is 16.1. The number of hydrogen-bond acceptors (Lipinski definition) is 3. The van der Waals surface area contributed by atoms with Crippen LogP contribution in [-0.4, -0.2) is 43.7 Å². The Morgan fingerprint density at radius 3 is 2.75 bits per heavy atom. The third-order valence-electron chi connectivity index (χ3n) is 3.61. The molecular formula is C15H21BrClNO2. The second kappa shape index (κ2) is 8.23. The summed E-state index contributed by atoms with van der Waals surface area (Å²) < 4.78 is 12.1. The molecule has 1 saturated heterocycles. The molecule has 2 rings (SSSR count). The molecule has 1 aromatic carbocycles. The SMILES string of the molecule is COc1ccc(Br)c(CN2CCC(OCCCl)CC2)c1. The molecule has 0 spiro atoms. The Bertz CT molecular complexity index is 422. The molecule has 20 heavy (non-hydrogen) atoms. The van der Waals surface area contributed by atoms with Gasteiger partial charge in [-0.1, -0.05) is 15.9 Å². The Labute approximate surface area is 134 Å². The predicted octanol–water partition coefficient (Wildman–Crippen LogP) is 3.68. The molecule has 1 fully saturated rings. The van der Waals surface area contributed by atoms with Gasteiger partial charge in [-0.05, 0) is 36.6 Å². The van der Waals surface area contributed by atoms with Crippen LogP contribution in [0.15, 0.2) is 22.7 Å². The lowest BCUT2D eigenvalue weighted by Crippen LogP contribution is -2.36. The molecule has 0 aliphatic carbocycles. The van der Waals surface area contributed by atoms with Crippen LogP contribution in [0.25, 0.3) is 0 Å². The zero-order valence-electron chi connectivity index (χ0n) is 11.8. The average Bonchev–Trinajstić information content (AvgIpc) is 2.49. The largest absolute Gasteiger partial charge is 0.497 e. The molecule has 1 aliphatic rings. The van der Waals surface area contributed by atoms with Crippen molar-refractivity contribution in [3.63, 3.8) is 0 Å². The van der Waals surface area contributed by atoms with Crippen LogP contribution in [-0.2, 0) is 11.3 Å². The molecule has 0 aromatic heterocycles. The summed E-state index contributed by atoms with van der Waals surface area (Å²) in [5, 5.41) is 0. The third kappa shape index (κ3) is 4.62. The van der Waals surface area contributed by atoms with Crippen LogP contribution >= 0.6 is 27.5 Å². The molecule has 1 aromatic rings. The fraction of sp³-hybridized carbons (Fsp3) is 0.600. The van der Waals surface area contributed by atoms with E-state index in [1.807, 2.05) is 12.1 Å². The van der Waals surface area contributed by atoms with Crippen molar-refractivity contribution >= 4 is 27.5 Å². The van der Waals surface area contributed by atoms with Crippen LogP contribution in [0, 0.1) is 0 Å². The summed E-state index contributed by atoms with van der Waals surface area (Å²) in [6.45, 7) is 3.74. The van der Waals surface area contributed by atoms with Crippen LogP contribution in [0.2, 0.25) is 0 Å². The summed E-state index contributed by atoms with van der Waals surface area (Å²) in [6, 6.07) is 6.12. The zero-order valence-corrected chi connectivity index (χ0v) is 14.1. The molecule has 1 aliphatic heterocycles. The number of rotatable bonds is 6. The van der Waals surface area contributed by atoms with Crippen molar-refractivity contribution in [3.8, 4) is 5.75 Å². The third-order valence-corrected chi connectivity index (χ3v) is 4.54. The minimum atomic E-state index is 0.374. The lowest BCUT2D eigenvalue weighted by atomic mass is 10.1. The van der Waals surface area contributed by atoms with Gasteiger partial charge < -0.3 is 9.47 Å². The zero-order chi connectivity index (χ0) is 14.4. The van der Waals surface area contributed by atoms with Gasteiger partial charge in [-0.2, -0.15) is 0 Å². The Morgan fingerprint density at radius 2 is 2.10 bits per heavy atom. The van der Waals surface area contributed by atoms with E-state index in [1.54, 1.807) is 7.11 Å². The van der Waals surface area contributed by atoms with E-state index < -0.39 is 0 Å². The molecule has 5 heteroatoms. The van der Waals surface area contributed by atoms with Gasteiger partial charge in [0.1, 0.15) is 5.75 Å². The van der Waals surface area contributed by atoms with Crippen molar-refractivity contribution in [1.29, 1.82) is 0 Å². The van der Waals surface area contributed by atoms with Gasteiger partial charge >= 0.3 is 0 Å². The summed E-state index contributed by atoms with van der Waals surface area (Å²) >= 11 is 9.26. The summed E-state index contributed by atoms with van der Waals surface area (Å²) in [6.07, 6.45) is 2.54. The predicted molar refractivity (Wildman–Crippen MR) is 85.7 cm³/mol. The second-order valence-corrected chi connectivity index (χ2v) is 6.22. The van der Waals surface area contributed by atoms with Gasteiger partial charge in [0.05, 0.1) is 19.8 Å². The van der Waals surface area contributed by atoms with E-state index >= 15 is 0 Å². The highest BCUT2D eigenvalue weighted by molar-refractivity contribution is 9.10. The molecule has 3 nitrogen and oxygen atoms in total. The number of hydrogen-bond donors (Lipinski definition) is 0. The topological polar surface area (TPSA) is 21.7 Å². The number of ether oxygens (including phenoxy) is 2. The van der Waals surface area contributed by atoms with Crippen LogP contribution < -0.4 is 4.74 Å². The van der Waals surface area contributed by atoms with Crippen LogP contribution in [0.3, 0.4) is 0 Å². The maximum atomic E-state index is 5.70. The Morgan fingerprint density at radius 1 is 1.35 bits per heavy atom. The molecule has 0 unspecified atom stereocenters. The molecule has 0 saturated carbocycles. The molecule has 0 radical (unpaired) electrons. The van der Waals surface area contributed by atoms with Crippen molar-refractivity contribution in [2.45, 2.75) is 25.5 Å². The fourth-order valence-electron chi connectivity index (χ4n) is 2.49. The van der Waals surface area contributed by atoms with Crippen LogP contribution in [0.4, 0.5) is 0 Å². The standard InChI is InChI=1S/C15H21BrClNO2/c1-19-14-2-3-15(16)12(10-14)11-18-7-4-13(5-8-18)20-9-6-17/h2-3,10,13H,4-9,11H2,1H3. The molecule has 0 N–H and O–H groups in total. The Hall–Kier alpha value is -0.290. The lowest BCUT2D eigenvalue weighted by molar-refractivity contribution is 0.0134. The van der Waals surface area contributed by atoms with Crippen molar-refractivity contribution < 1.29 is 9.47 Å². The number of benzene rings is 1.